The van der Waals surface area contributed by atoms with Gasteiger partial charge in [-0.05, 0) is 36.6 Å². The van der Waals surface area contributed by atoms with Crippen LogP contribution in [0.2, 0.25) is 0 Å². The molecule has 0 atom stereocenters. The Morgan fingerprint density at radius 3 is 2.69 bits per heavy atom. The van der Waals surface area contributed by atoms with Crippen LogP contribution in [0.4, 0.5) is 0 Å². The summed E-state index contributed by atoms with van der Waals surface area (Å²) in [5.74, 6) is -0.997. The van der Waals surface area contributed by atoms with Crippen LogP contribution in [0.3, 0.4) is 0 Å². The molecule has 0 radical (unpaired) electrons. The largest absolute Gasteiger partial charge is 0.452 e. The number of hydrogen-bond donors (Lipinski definition) is 1. The molecule has 4 aromatic rings. The maximum Gasteiger partial charge on any atom is 0.339 e. The van der Waals surface area contributed by atoms with E-state index in [0.717, 1.165) is 10.6 Å². The molecule has 4 rings (SSSR count). The van der Waals surface area contributed by atoms with Gasteiger partial charge in [0.15, 0.2) is 12.3 Å². The Bertz CT molecular complexity index is 1240. The molecule has 1 aromatic carbocycles. The molecule has 8 nitrogen and oxygen atoms in total. The summed E-state index contributed by atoms with van der Waals surface area (Å²) in [6, 6.07) is 15.2. The van der Waals surface area contributed by atoms with Crippen LogP contribution in [0, 0.1) is 6.92 Å². The second-order valence-electron chi connectivity index (χ2n) is 6.98. The lowest BCUT2D eigenvalue weighted by atomic mass is 10.1. The summed E-state index contributed by atoms with van der Waals surface area (Å²) in [7, 11) is 1.55. The number of esters is 1. The fourth-order valence-electron chi connectivity index (χ4n) is 3.30. The van der Waals surface area contributed by atoms with Crippen molar-refractivity contribution >= 4 is 34.2 Å². The standard InChI is InChI=1S/C23H22N4O4S/c1-15-21-17(23(29)31-14-20(28)24-10-11-30-2)13-18(19-9-6-12-32-19)25-22(21)27(26-15)16-7-4-3-5-8-16/h3-9,12-13H,10-11,14H2,1-2H3,(H,24,28). The molecular weight excluding hydrogens is 428 g/mol. The van der Waals surface area contributed by atoms with Gasteiger partial charge >= 0.3 is 5.97 Å². The lowest BCUT2D eigenvalue weighted by Gasteiger charge is -2.09. The molecule has 0 fully saturated rings. The van der Waals surface area contributed by atoms with E-state index in [9.17, 15) is 9.59 Å². The number of pyridine rings is 1. The van der Waals surface area contributed by atoms with E-state index in [0.29, 0.717) is 41.1 Å². The number of hydrogen-bond acceptors (Lipinski definition) is 7. The van der Waals surface area contributed by atoms with Crippen molar-refractivity contribution in [1.82, 2.24) is 20.1 Å². The SMILES string of the molecule is COCCNC(=O)COC(=O)c1cc(-c2cccs2)nc2c1c(C)nn2-c1ccccc1. The highest BCUT2D eigenvalue weighted by atomic mass is 32.1. The molecule has 0 unspecified atom stereocenters. The van der Waals surface area contributed by atoms with Gasteiger partial charge in [-0.15, -0.1) is 11.3 Å². The number of nitrogens with zero attached hydrogens (tertiary/aromatic N) is 3. The number of carbonyl (C=O) groups is 2. The quantitative estimate of drug-likeness (QED) is 0.327. The van der Waals surface area contributed by atoms with Crippen molar-refractivity contribution in [3.05, 3.63) is 65.2 Å². The minimum absolute atomic E-state index is 0.322. The number of carbonyl (C=O) groups excluding carboxylic acids is 2. The van der Waals surface area contributed by atoms with Crippen LogP contribution >= 0.6 is 11.3 Å². The Kier molecular flexibility index (Phi) is 6.58. The zero-order chi connectivity index (χ0) is 22.5. The first-order valence-electron chi connectivity index (χ1n) is 10.0. The average Bonchev–Trinajstić information content (AvgIpc) is 3.46. The van der Waals surface area contributed by atoms with Crippen LogP contribution in [0.1, 0.15) is 16.1 Å². The Morgan fingerprint density at radius 1 is 1.16 bits per heavy atom. The van der Waals surface area contributed by atoms with Crippen LogP contribution in [0.15, 0.2) is 53.9 Å². The van der Waals surface area contributed by atoms with Crippen molar-refractivity contribution < 1.29 is 19.1 Å². The molecule has 3 heterocycles. The van der Waals surface area contributed by atoms with Crippen LogP contribution < -0.4 is 5.32 Å². The van der Waals surface area contributed by atoms with Gasteiger partial charge < -0.3 is 14.8 Å². The number of aromatic nitrogens is 3. The van der Waals surface area contributed by atoms with Gasteiger partial charge in [0.1, 0.15) is 0 Å². The normalized spacial score (nSPS) is 10.9. The Labute approximate surface area is 188 Å². The third-order valence-corrected chi connectivity index (χ3v) is 5.66. The van der Waals surface area contributed by atoms with Gasteiger partial charge in [0.25, 0.3) is 5.91 Å². The number of methoxy groups -OCH3 is 1. The molecule has 32 heavy (non-hydrogen) atoms. The van der Waals surface area contributed by atoms with Gasteiger partial charge in [-0.3, -0.25) is 4.79 Å². The summed E-state index contributed by atoms with van der Waals surface area (Å²) in [5.41, 5.74) is 2.99. The number of fused-ring (bicyclic) bond motifs is 1. The van der Waals surface area contributed by atoms with Gasteiger partial charge in [0.05, 0.1) is 39.5 Å². The zero-order valence-electron chi connectivity index (χ0n) is 17.7. The molecule has 1 N–H and O–H groups in total. The molecule has 0 aliphatic rings. The smallest absolute Gasteiger partial charge is 0.339 e. The van der Waals surface area contributed by atoms with E-state index in [1.54, 1.807) is 17.9 Å². The number of ether oxygens (including phenoxy) is 2. The molecule has 164 valence electrons. The summed E-state index contributed by atoms with van der Waals surface area (Å²) >= 11 is 1.52. The lowest BCUT2D eigenvalue weighted by molar-refractivity contribution is -0.124. The Morgan fingerprint density at radius 2 is 1.97 bits per heavy atom. The minimum atomic E-state index is -0.604. The zero-order valence-corrected chi connectivity index (χ0v) is 18.5. The molecule has 9 heteroatoms. The van der Waals surface area contributed by atoms with Gasteiger partial charge in [-0.2, -0.15) is 5.10 Å². The number of para-hydroxylation sites is 1. The predicted molar refractivity (Wildman–Crippen MR) is 122 cm³/mol. The van der Waals surface area contributed by atoms with E-state index in [-0.39, 0.29) is 6.61 Å². The van der Waals surface area contributed by atoms with Crippen molar-refractivity contribution in [2.75, 3.05) is 26.9 Å². The maximum atomic E-state index is 13.0. The summed E-state index contributed by atoms with van der Waals surface area (Å²) < 4.78 is 11.9. The maximum absolute atomic E-state index is 13.0. The summed E-state index contributed by atoms with van der Waals surface area (Å²) in [6.45, 7) is 2.17. The van der Waals surface area contributed by atoms with Crippen LogP contribution in [0.25, 0.3) is 27.3 Å². The average molecular weight is 451 g/mol. The van der Waals surface area contributed by atoms with E-state index >= 15 is 0 Å². The highest BCUT2D eigenvalue weighted by Crippen LogP contribution is 2.31. The molecule has 0 bridgehead atoms. The monoisotopic (exact) mass is 450 g/mol. The third kappa shape index (κ3) is 4.53. The van der Waals surface area contributed by atoms with Gasteiger partial charge in [-0.25, -0.2) is 14.5 Å². The van der Waals surface area contributed by atoms with E-state index in [2.05, 4.69) is 10.4 Å². The second kappa shape index (κ2) is 9.71. The molecule has 1 amide bonds. The number of benzene rings is 1. The summed E-state index contributed by atoms with van der Waals surface area (Å²) in [5, 5.41) is 9.80. The Balaban J connectivity index is 1.73. The first-order valence-corrected chi connectivity index (χ1v) is 10.9. The van der Waals surface area contributed by atoms with Crippen LogP contribution in [0.5, 0.6) is 0 Å². The Hall–Kier alpha value is -3.56. The second-order valence-corrected chi connectivity index (χ2v) is 7.93. The molecular formula is C23H22N4O4S. The number of rotatable bonds is 8. The van der Waals surface area contributed by atoms with Crippen LogP contribution in [-0.2, 0) is 14.3 Å². The highest BCUT2D eigenvalue weighted by Gasteiger charge is 2.22. The number of nitrogens with one attached hydrogen (secondary N) is 1. The molecule has 3 aromatic heterocycles. The number of amides is 1. The van der Waals surface area contributed by atoms with Crippen molar-refractivity contribution in [3.8, 4) is 16.3 Å². The van der Waals surface area contributed by atoms with E-state index in [4.69, 9.17) is 14.5 Å². The van der Waals surface area contributed by atoms with Crippen molar-refractivity contribution in [1.29, 1.82) is 0 Å². The first-order chi connectivity index (χ1) is 15.6. The van der Waals surface area contributed by atoms with Gasteiger partial charge in [0.2, 0.25) is 0 Å². The number of aryl methyl sites for hydroxylation is 1. The van der Waals surface area contributed by atoms with Crippen molar-refractivity contribution in [2.24, 2.45) is 0 Å². The van der Waals surface area contributed by atoms with E-state index in [1.165, 1.54) is 11.3 Å². The molecule has 0 saturated carbocycles. The fraction of sp³-hybridized carbons (Fsp3) is 0.217. The van der Waals surface area contributed by atoms with Crippen molar-refractivity contribution in [2.45, 2.75) is 6.92 Å². The van der Waals surface area contributed by atoms with Crippen molar-refractivity contribution in [3.63, 3.8) is 0 Å². The van der Waals surface area contributed by atoms with E-state index < -0.39 is 11.9 Å². The minimum Gasteiger partial charge on any atom is -0.452 e. The van der Waals surface area contributed by atoms with Gasteiger partial charge in [-0.1, -0.05) is 24.3 Å². The third-order valence-electron chi connectivity index (χ3n) is 4.77. The summed E-state index contributed by atoms with van der Waals surface area (Å²) in [4.78, 5) is 30.7. The highest BCUT2D eigenvalue weighted by molar-refractivity contribution is 7.13. The topological polar surface area (TPSA) is 95.3 Å². The first kappa shape index (κ1) is 21.7. The molecule has 0 aliphatic carbocycles. The molecule has 0 aliphatic heterocycles. The number of thiophene rings is 1. The predicted octanol–water partition coefficient (Wildman–Crippen LogP) is 3.38. The van der Waals surface area contributed by atoms with Crippen LogP contribution in [-0.4, -0.2) is 53.5 Å². The molecule has 0 spiro atoms. The molecule has 0 saturated heterocycles. The van der Waals surface area contributed by atoms with E-state index in [1.807, 2.05) is 54.8 Å². The van der Waals surface area contributed by atoms with Gasteiger partial charge in [0, 0.05) is 13.7 Å². The summed E-state index contributed by atoms with van der Waals surface area (Å²) in [6.07, 6.45) is 0. The lowest BCUT2D eigenvalue weighted by Crippen LogP contribution is -2.31. The fourth-order valence-corrected chi connectivity index (χ4v) is 3.99.